The lowest BCUT2D eigenvalue weighted by Crippen LogP contribution is -2.00. The summed E-state index contributed by atoms with van der Waals surface area (Å²) in [6.45, 7) is 2.13. The molecule has 0 amide bonds. The van der Waals surface area contributed by atoms with E-state index in [0.717, 1.165) is 18.5 Å². The molecule has 0 aliphatic heterocycles. The van der Waals surface area contributed by atoms with Gasteiger partial charge in [0.1, 0.15) is 5.82 Å². The lowest BCUT2D eigenvalue weighted by Gasteiger charge is -2.14. The van der Waals surface area contributed by atoms with Gasteiger partial charge in [-0.05, 0) is 40.0 Å². The molecule has 100 valence electrons. The molecular formula is C15H16BrFN2. The van der Waals surface area contributed by atoms with Gasteiger partial charge in [0, 0.05) is 11.8 Å². The monoisotopic (exact) mass is 322 g/mol. The Balaban J connectivity index is 2.33. The van der Waals surface area contributed by atoms with Gasteiger partial charge in [-0.1, -0.05) is 31.5 Å². The highest BCUT2D eigenvalue weighted by Crippen LogP contribution is 2.30. The van der Waals surface area contributed by atoms with E-state index in [0.29, 0.717) is 15.8 Å². The van der Waals surface area contributed by atoms with Crippen molar-refractivity contribution in [3.8, 4) is 0 Å². The third-order valence-corrected chi connectivity index (χ3v) is 3.51. The number of benzene rings is 2. The minimum Gasteiger partial charge on any atom is -0.397 e. The molecule has 0 heterocycles. The van der Waals surface area contributed by atoms with Crippen LogP contribution in [0.5, 0.6) is 0 Å². The van der Waals surface area contributed by atoms with Crippen LogP contribution < -0.4 is 11.1 Å². The number of hydrogen-bond acceptors (Lipinski definition) is 2. The summed E-state index contributed by atoms with van der Waals surface area (Å²) in [5.74, 6) is -0.329. The molecule has 0 aromatic heterocycles. The summed E-state index contributed by atoms with van der Waals surface area (Å²) < 4.78 is 13.9. The predicted molar refractivity (Wildman–Crippen MR) is 82.2 cm³/mol. The van der Waals surface area contributed by atoms with Gasteiger partial charge in [0.15, 0.2) is 0 Å². The zero-order valence-corrected chi connectivity index (χ0v) is 12.3. The average Bonchev–Trinajstić information content (AvgIpc) is 2.38. The van der Waals surface area contributed by atoms with E-state index in [9.17, 15) is 4.39 Å². The quantitative estimate of drug-likeness (QED) is 0.788. The highest BCUT2D eigenvalue weighted by Gasteiger charge is 2.08. The number of nitrogens with one attached hydrogen (secondary N) is 1. The zero-order chi connectivity index (χ0) is 13.8. The summed E-state index contributed by atoms with van der Waals surface area (Å²) in [6, 6.07) is 11.0. The average molecular weight is 323 g/mol. The summed E-state index contributed by atoms with van der Waals surface area (Å²) in [7, 11) is 0. The first kappa shape index (κ1) is 13.9. The first-order valence-electron chi connectivity index (χ1n) is 6.21. The Morgan fingerprint density at radius 1 is 1.21 bits per heavy atom. The fraction of sp³-hybridized carbons (Fsp3) is 0.200. The van der Waals surface area contributed by atoms with Crippen LogP contribution in [-0.2, 0) is 6.42 Å². The largest absolute Gasteiger partial charge is 0.397 e. The molecule has 19 heavy (non-hydrogen) atoms. The first-order chi connectivity index (χ1) is 9.11. The maximum Gasteiger partial charge on any atom is 0.139 e. The van der Waals surface area contributed by atoms with Crippen molar-refractivity contribution in [2.24, 2.45) is 0 Å². The molecule has 0 saturated carbocycles. The van der Waals surface area contributed by atoms with Crippen LogP contribution >= 0.6 is 15.9 Å². The van der Waals surface area contributed by atoms with E-state index in [1.807, 2.05) is 18.2 Å². The van der Waals surface area contributed by atoms with Gasteiger partial charge in [0.2, 0.25) is 0 Å². The van der Waals surface area contributed by atoms with Crippen LogP contribution in [0, 0.1) is 5.82 Å². The maximum absolute atomic E-state index is 13.6. The molecule has 0 radical (unpaired) electrons. The van der Waals surface area contributed by atoms with Gasteiger partial charge < -0.3 is 11.1 Å². The Morgan fingerprint density at radius 3 is 2.68 bits per heavy atom. The summed E-state index contributed by atoms with van der Waals surface area (Å²) in [5.41, 5.74) is 9.18. The van der Waals surface area contributed by atoms with E-state index >= 15 is 0 Å². The number of nitrogens with two attached hydrogens (primary N) is 1. The third kappa shape index (κ3) is 3.26. The Labute approximate surface area is 121 Å². The van der Waals surface area contributed by atoms with Crippen molar-refractivity contribution in [2.45, 2.75) is 19.8 Å². The summed E-state index contributed by atoms with van der Waals surface area (Å²) in [5, 5.41) is 3.21. The van der Waals surface area contributed by atoms with Crippen LogP contribution in [0.1, 0.15) is 18.9 Å². The topological polar surface area (TPSA) is 38.0 Å². The molecule has 2 nitrogen and oxygen atoms in total. The SMILES string of the molecule is CCCc1ccccc1Nc1cc(F)c(Br)cc1N. The van der Waals surface area contributed by atoms with Gasteiger partial charge in [-0.25, -0.2) is 4.39 Å². The summed E-state index contributed by atoms with van der Waals surface area (Å²) >= 11 is 3.12. The molecule has 0 aliphatic carbocycles. The molecule has 0 saturated heterocycles. The van der Waals surface area contributed by atoms with Gasteiger partial charge in [0.25, 0.3) is 0 Å². The van der Waals surface area contributed by atoms with E-state index in [4.69, 9.17) is 5.73 Å². The number of anilines is 3. The summed E-state index contributed by atoms with van der Waals surface area (Å²) in [6.07, 6.45) is 2.03. The Bertz CT molecular complexity index is 584. The van der Waals surface area contributed by atoms with E-state index in [1.165, 1.54) is 11.6 Å². The second-order valence-electron chi connectivity index (χ2n) is 4.39. The first-order valence-corrected chi connectivity index (χ1v) is 7.00. The van der Waals surface area contributed by atoms with E-state index < -0.39 is 0 Å². The molecule has 2 rings (SSSR count). The fourth-order valence-electron chi connectivity index (χ4n) is 1.95. The van der Waals surface area contributed by atoms with Crippen LogP contribution in [0.25, 0.3) is 0 Å². The number of rotatable bonds is 4. The second kappa shape index (κ2) is 6.06. The van der Waals surface area contributed by atoms with Crippen molar-refractivity contribution in [1.29, 1.82) is 0 Å². The lowest BCUT2D eigenvalue weighted by atomic mass is 10.1. The van der Waals surface area contributed by atoms with Crippen LogP contribution in [0.3, 0.4) is 0 Å². The van der Waals surface area contributed by atoms with Gasteiger partial charge in [0.05, 0.1) is 15.8 Å². The molecule has 0 spiro atoms. The molecule has 3 N–H and O–H groups in total. The summed E-state index contributed by atoms with van der Waals surface area (Å²) in [4.78, 5) is 0. The Hall–Kier alpha value is -1.55. The van der Waals surface area contributed by atoms with Gasteiger partial charge >= 0.3 is 0 Å². The molecule has 0 bridgehead atoms. The van der Waals surface area contributed by atoms with Gasteiger partial charge in [-0.3, -0.25) is 0 Å². The molecule has 0 aliphatic rings. The highest BCUT2D eigenvalue weighted by atomic mass is 79.9. The van der Waals surface area contributed by atoms with Gasteiger partial charge in [-0.15, -0.1) is 0 Å². The van der Waals surface area contributed by atoms with E-state index in [2.05, 4.69) is 34.2 Å². The minimum absolute atomic E-state index is 0.329. The number of halogens is 2. The zero-order valence-electron chi connectivity index (χ0n) is 10.7. The molecule has 2 aromatic carbocycles. The van der Waals surface area contributed by atoms with Crippen molar-refractivity contribution < 1.29 is 4.39 Å². The Morgan fingerprint density at radius 2 is 1.95 bits per heavy atom. The Kier molecular flexibility index (Phi) is 4.43. The van der Waals surface area contributed by atoms with Crippen LogP contribution in [0.4, 0.5) is 21.5 Å². The van der Waals surface area contributed by atoms with Crippen LogP contribution in [-0.4, -0.2) is 0 Å². The molecular weight excluding hydrogens is 307 g/mol. The maximum atomic E-state index is 13.6. The lowest BCUT2D eigenvalue weighted by molar-refractivity contribution is 0.622. The molecule has 0 atom stereocenters. The van der Waals surface area contributed by atoms with Crippen molar-refractivity contribution in [3.63, 3.8) is 0 Å². The minimum atomic E-state index is -0.329. The highest BCUT2D eigenvalue weighted by molar-refractivity contribution is 9.10. The van der Waals surface area contributed by atoms with Crippen molar-refractivity contribution in [2.75, 3.05) is 11.1 Å². The molecule has 2 aromatic rings. The molecule has 4 heteroatoms. The van der Waals surface area contributed by atoms with Crippen LogP contribution in [0.2, 0.25) is 0 Å². The van der Waals surface area contributed by atoms with Crippen LogP contribution in [0.15, 0.2) is 40.9 Å². The van der Waals surface area contributed by atoms with Crippen molar-refractivity contribution in [3.05, 3.63) is 52.3 Å². The molecule has 0 unspecified atom stereocenters. The van der Waals surface area contributed by atoms with Gasteiger partial charge in [-0.2, -0.15) is 0 Å². The third-order valence-electron chi connectivity index (χ3n) is 2.90. The van der Waals surface area contributed by atoms with E-state index in [-0.39, 0.29) is 5.82 Å². The van der Waals surface area contributed by atoms with Crippen molar-refractivity contribution in [1.82, 2.24) is 0 Å². The number of aryl methyl sites for hydroxylation is 1. The predicted octanol–water partition coefficient (Wildman–Crippen LogP) is 4.87. The van der Waals surface area contributed by atoms with Crippen molar-refractivity contribution >= 4 is 33.0 Å². The van der Waals surface area contributed by atoms with E-state index in [1.54, 1.807) is 6.07 Å². The standard InChI is InChI=1S/C15H16BrFN2/c1-2-5-10-6-3-4-7-14(10)19-15-9-12(17)11(16)8-13(15)18/h3-4,6-9,19H,2,5,18H2,1H3. The number of nitrogen functional groups attached to an aromatic ring is 1. The number of para-hydroxylation sites is 1. The number of hydrogen-bond donors (Lipinski definition) is 2. The smallest absolute Gasteiger partial charge is 0.139 e. The fourth-order valence-corrected chi connectivity index (χ4v) is 2.31. The molecule has 0 fully saturated rings. The normalized spacial score (nSPS) is 10.5. The second-order valence-corrected chi connectivity index (χ2v) is 5.24.